The molecule has 0 aliphatic rings. The van der Waals surface area contributed by atoms with Gasteiger partial charge in [0.15, 0.2) is 5.78 Å². The molecule has 0 heterocycles. The van der Waals surface area contributed by atoms with Gasteiger partial charge in [0.05, 0.1) is 0 Å². The highest BCUT2D eigenvalue weighted by molar-refractivity contribution is 5.80. The smallest absolute Gasteiger partial charge is 0.158 e. The fourth-order valence-corrected chi connectivity index (χ4v) is 0.921. The van der Waals surface area contributed by atoms with Crippen molar-refractivity contribution in [3.05, 3.63) is 0 Å². The molecule has 0 saturated carbocycles. The summed E-state index contributed by atoms with van der Waals surface area (Å²) in [5, 5.41) is 0. The van der Waals surface area contributed by atoms with Crippen molar-refractivity contribution < 1.29 is 14.3 Å². The fraction of sp³-hybridized carbons (Fsp3) is 0.875. The van der Waals surface area contributed by atoms with E-state index in [1.54, 1.807) is 0 Å². The highest BCUT2D eigenvalue weighted by Gasteiger charge is 2.18. The van der Waals surface area contributed by atoms with Crippen molar-refractivity contribution in [1.82, 2.24) is 0 Å². The first-order chi connectivity index (χ1) is 5.09. The van der Waals surface area contributed by atoms with Gasteiger partial charge in [-0.25, -0.2) is 0 Å². The summed E-state index contributed by atoms with van der Waals surface area (Å²) >= 11 is 0. The highest BCUT2D eigenvalue weighted by Crippen LogP contribution is 2.07. The molecule has 3 nitrogen and oxygen atoms in total. The van der Waals surface area contributed by atoms with Crippen LogP contribution in [-0.4, -0.2) is 25.8 Å². The third-order valence-electron chi connectivity index (χ3n) is 1.37. The standard InChI is InChI=1S/C8H16O3/c1-6(2)8(7(3)9)11-5-10-4/h6,8H,5H2,1-4H3. The molecular weight excluding hydrogens is 144 g/mol. The van der Waals surface area contributed by atoms with Gasteiger partial charge in [0, 0.05) is 7.11 Å². The van der Waals surface area contributed by atoms with Gasteiger partial charge in [-0.1, -0.05) is 13.8 Å². The molecule has 3 heteroatoms. The predicted molar refractivity (Wildman–Crippen MR) is 42.3 cm³/mol. The molecule has 0 saturated heterocycles. The van der Waals surface area contributed by atoms with E-state index in [2.05, 4.69) is 0 Å². The summed E-state index contributed by atoms with van der Waals surface area (Å²) < 4.78 is 9.84. The number of hydrogen-bond acceptors (Lipinski definition) is 3. The van der Waals surface area contributed by atoms with Crippen molar-refractivity contribution in [2.24, 2.45) is 5.92 Å². The van der Waals surface area contributed by atoms with Crippen molar-refractivity contribution in [3.63, 3.8) is 0 Å². The fourth-order valence-electron chi connectivity index (χ4n) is 0.921. The average Bonchev–Trinajstić information content (AvgIpc) is 1.87. The van der Waals surface area contributed by atoms with Gasteiger partial charge < -0.3 is 9.47 Å². The molecule has 0 aliphatic heterocycles. The van der Waals surface area contributed by atoms with Gasteiger partial charge in [-0.15, -0.1) is 0 Å². The number of Topliss-reactive ketones (excluding diaryl/α,β-unsaturated/α-hetero) is 1. The Morgan fingerprint density at radius 1 is 1.45 bits per heavy atom. The Labute approximate surface area is 67.7 Å². The molecule has 1 unspecified atom stereocenters. The van der Waals surface area contributed by atoms with E-state index in [4.69, 9.17) is 9.47 Å². The molecule has 0 radical (unpaired) electrons. The first kappa shape index (κ1) is 10.6. The Balaban J connectivity index is 3.80. The Morgan fingerprint density at radius 2 is 2.00 bits per heavy atom. The molecule has 11 heavy (non-hydrogen) atoms. The Morgan fingerprint density at radius 3 is 2.27 bits per heavy atom. The molecule has 66 valence electrons. The minimum Gasteiger partial charge on any atom is -0.359 e. The van der Waals surface area contributed by atoms with Crippen LogP contribution in [0.2, 0.25) is 0 Å². The van der Waals surface area contributed by atoms with Gasteiger partial charge in [0.25, 0.3) is 0 Å². The molecule has 0 amide bonds. The van der Waals surface area contributed by atoms with E-state index < -0.39 is 0 Å². The van der Waals surface area contributed by atoms with E-state index in [1.807, 2.05) is 13.8 Å². The van der Waals surface area contributed by atoms with Crippen molar-refractivity contribution in [2.75, 3.05) is 13.9 Å². The zero-order valence-electron chi connectivity index (χ0n) is 7.59. The van der Waals surface area contributed by atoms with E-state index in [9.17, 15) is 4.79 Å². The number of carbonyl (C=O) groups is 1. The lowest BCUT2D eigenvalue weighted by Crippen LogP contribution is -2.28. The number of ketones is 1. The number of hydrogen-bond donors (Lipinski definition) is 0. The lowest BCUT2D eigenvalue weighted by atomic mass is 10.0. The van der Waals surface area contributed by atoms with Gasteiger partial charge in [0.1, 0.15) is 12.9 Å². The van der Waals surface area contributed by atoms with Gasteiger partial charge in [0.2, 0.25) is 0 Å². The van der Waals surface area contributed by atoms with Crippen LogP contribution in [-0.2, 0) is 14.3 Å². The van der Waals surface area contributed by atoms with E-state index in [0.29, 0.717) is 0 Å². The van der Waals surface area contributed by atoms with Gasteiger partial charge >= 0.3 is 0 Å². The van der Waals surface area contributed by atoms with Crippen LogP contribution in [0.15, 0.2) is 0 Å². The van der Waals surface area contributed by atoms with Crippen molar-refractivity contribution in [2.45, 2.75) is 26.9 Å². The third-order valence-corrected chi connectivity index (χ3v) is 1.37. The van der Waals surface area contributed by atoms with Crippen molar-refractivity contribution in [3.8, 4) is 0 Å². The summed E-state index contributed by atoms with van der Waals surface area (Å²) in [6.07, 6.45) is -0.324. The maximum Gasteiger partial charge on any atom is 0.158 e. The summed E-state index contributed by atoms with van der Waals surface area (Å²) in [6, 6.07) is 0. The second-order valence-corrected chi connectivity index (χ2v) is 2.85. The molecular formula is C8H16O3. The minimum atomic E-state index is -0.324. The number of carbonyl (C=O) groups excluding carboxylic acids is 1. The Hall–Kier alpha value is -0.410. The van der Waals surface area contributed by atoms with Gasteiger partial charge in [-0.05, 0) is 12.8 Å². The summed E-state index contributed by atoms with van der Waals surface area (Å²) in [6.45, 7) is 5.60. The van der Waals surface area contributed by atoms with Crippen LogP contribution in [0.25, 0.3) is 0 Å². The summed E-state index contributed by atoms with van der Waals surface area (Å²) in [5.74, 6) is 0.264. The number of rotatable bonds is 5. The highest BCUT2D eigenvalue weighted by atomic mass is 16.7. The SMILES string of the molecule is COCOC(C(C)=O)C(C)C. The lowest BCUT2D eigenvalue weighted by Gasteiger charge is -2.17. The lowest BCUT2D eigenvalue weighted by molar-refractivity contribution is -0.142. The molecule has 0 bridgehead atoms. The second kappa shape index (κ2) is 5.27. The van der Waals surface area contributed by atoms with Gasteiger partial charge in [-0.2, -0.15) is 0 Å². The molecule has 0 aromatic heterocycles. The Bertz CT molecular complexity index is 121. The molecule has 0 aliphatic carbocycles. The molecule has 0 N–H and O–H groups in total. The van der Waals surface area contributed by atoms with Crippen LogP contribution in [0.4, 0.5) is 0 Å². The maximum atomic E-state index is 10.9. The monoisotopic (exact) mass is 160 g/mol. The number of ether oxygens (including phenoxy) is 2. The summed E-state index contributed by atoms with van der Waals surface area (Å²) in [4.78, 5) is 10.9. The van der Waals surface area contributed by atoms with Crippen LogP contribution in [0.1, 0.15) is 20.8 Å². The predicted octanol–water partition coefficient (Wildman–Crippen LogP) is 1.22. The first-order valence-corrected chi connectivity index (χ1v) is 3.70. The van der Waals surface area contributed by atoms with Crippen LogP contribution < -0.4 is 0 Å². The van der Waals surface area contributed by atoms with E-state index in [1.165, 1.54) is 14.0 Å². The third kappa shape index (κ3) is 4.11. The summed E-state index contributed by atoms with van der Waals surface area (Å²) in [5.41, 5.74) is 0. The molecule has 0 aromatic carbocycles. The van der Waals surface area contributed by atoms with E-state index >= 15 is 0 Å². The topological polar surface area (TPSA) is 35.5 Å². The molecule has 1 atom stereocenters. The zero-order valence-corrected chi connectivity index (χ0v) is 7.59. The Kier molecular flexibility index (Phi) is 5.07. The van der Waals surface area contributed by atoms with Crippen molar-refractivity contribution >= 4 is 5.78 Å². The first-order valence-electron chi connectivity index (χ1n) is 3.70. The largest absolute Gasteiger partial charge is 0.359 e. The van der Waals surface area contributed by atoms with Crippen LogP contribution >= 0.6 is 0 Å². The molecule has 0 rings (SSSR count). The normalized spacial score (nSPS) is 13.5. The van der Waals surface area contributed by atoms with Crippen LogP contribution in [0.5, 0.6) is 0 Å². The minimum absolute atomic E-state index is 0.0528. The van der Waals surface area contributed by atoms with Crippen molar-refractivity contribution in [1.29, 1.82) is 0 Å². The van der Waals surface area contributed by atoms with Crippen LogP contribution in [0.3, 0.4) is 0 Å². The zero-order chi connectivity index (χ0) is 8.85. The van der Waals surface area contributed by atoms with Crippen LogP contribution in [0, 0.1) is 5.92 Å². The second-order valence-electron chi connectivity index (χ2n) is 2.85. The average molecular weight is 160 g/mol. The quantitative estimate of drug-likeness (QED) is 0.567. The summed E-state index contributed by atoms with van der Waals surface area (Å²) in [7, 11) is 1.54. The molecule has 0 fully saturated rings. The molecule has 0 spiro atoms. The number of methoxy groups -OCH3 is 1. The van der Waals surface area contributed by atoms with E-state index in [0.717, 1.165) is 0 Å². The van der Waals surface area contributed by atoms with E-state index in [-0.39, 0.29) is 24.6 Å². The maximum absolute atomic E-state index is 10.9. The molecule has 0 aromatic rings. The van der Waals surface area contributed by atoms with Gasteiger partial charge in [-0.3, -0.25) is 4.79 Å².